The maximum atomic E-state index is 12.4. The summed E-state index contributed by atoms with van der Waals surface area (Å²) in [5.74, 6) is 5.66. The molecule has 2 N–H and O–H groups in total. The van der Waals surface area contributed by atoms with E-state index in [2.05, 4.69) is 27.5 Å². The third kappa shape index (κ3) is 5.59. The Balaban J connectivity index is 1.29. The lowest BCUT2D eigenvalue weighted by molar-refractivity contribution is -0.116. The van der Waals surface area contributed by atoms with Gasteiger partial charge in [0.2, 0.25) is 5.91 Å². The first kappa shape index (κ1) is 20.8. The molecule has 32 heavy (non-hydrogen) atoms. The van der Waals surface area contributed by atoms with Crippen LogP contribution in [-0.2, 0) is 4.79 Å². The first-order valence-corrected chi connectivity index (χ1v) is 10.3. The summed E-state index contributed by atoms with van der Waals surface area (Å²) in [5.41, 5.74) is 2.69. The molecule has 0 aliphatic rings. The summed E-state index contributed by atoms with van der Waals surface area (Å²) in [5, 5.41) is 7.73. The average molecular weight is 419 g/mol. The van der Waals surface area contributed by atoms with Crippen LogP contribution in [0.4, 0.5) is 5.69 Å². The standard InChI is InChI=1S/C27H21N3O2/c31-26(15-17-29-27(32)23-13-12-21-7-1-2-8-22(21)19-23)30-25-10-5-6-20(18-25)11-14-24-9-3-4-16-28-24/h1-10,12-13,16,18-19H,15,17H2,(H,29,32)(H,30,31). The van der Waals surface area contributed by atoms with Crippen LogP contribution in [0.3, 0.4) is 0 Å². The summed E-state index contributed by atoms with van der Waals surface area (Å²) in [4.78, 5) is 28.9. The van der Waals surface area contributed by atoms with Gasteiger partial charge in [-0.05, 0) is 59.2 Å². The van der Waals surface area contributed by atoms with E-state index in [-0.39, 0.29) is 24.8 Å². The molecule has 0 bridgehead atoms. The molecule has 156 valence electrons. The van der Waals surface area contributed by atoms with Gasteiger partial charge in [-0.25, -0.2) is 4.98 Å². The van der Waals surface area contributed by atoms with Gasteiger partial charge in [0.25, 0.3) is 5.91 Å². The molecule has 1 heterocycles. The molecule has 0 saturated carbocycles. The van der Waals surface area contributed by atoms with E-state index >= 15 is 0 Å². The lowest BCUT2D eigenvalue weighted by Crippen LogP contribution is -2.27. The van der Waals surface area contributed by atoms with E-state index in [1.807, 2.05) is 72.8 Å². The Kier molecular flexibility index (Phi) is 6.54. The SMILES string of the molecule is O=C(CCNC(=O)c1ccc2ccccc2c1)Nc1cccc(C#Cc2ccccn2)c1. The van der Waals surface area contributed by atoms with Gasteiger partial charge in [0.15, 0.2) is 0 Å². The Morgan fingerprint density at radius 3 is 2.50 bits per heavy atom. The average Bonchev–Trinajstić information content (AvgIpc) is 2.83. The highest BCUT2D eigenvalue weighted by Gasteiger charge is 2.08. The van der Waals surface area contributed by atoms with Crippen molar-refractivity contribution in [3.8, 4) is 11.8 Å². The molecule has 0 unspecified atom stereocenters. The van der Waals surface area contributed by atoms with Crippen molar-refractivity contribution < 1.29 is 9.59 Å². The molecule has 5 heteroatoms. The van der Waals surface area contributed by atoms with Crippen molar-refractivity contribution in [3.05, 3.63) is 108 Å². The summed E-state index contributed by atoms with van der Waals surface area (Å²) in [6.45, 7) is 0.247. The van der Waals surface area contributed by atoms with Gasteiger partial charge in [-0.1, -0.05) is 48.4 Å². The molecule has 0 spiro atoms. The molecule has 0 atom stereocenters. The van der Waals surface area contributed by atoms with Crippen molar-refractivity contribution in [3.63, 3.8) is 0 Å². The van der Waals surface area contributed by atoms with Crippen LogP contribution in [0.2, 0.25) is 0 Å². The van der Waals surface area contributed by atoms with Gasteiger partial charge in [-0.15, -0.1) is 0 Å². The minimum Gasteiger partial charge on any atom is -0.352 e. The highest BCUT2D eigenvalue weighted by atomic mass is 16.2. The molecule has 0 saturated heterocycles. The van der Waals surface area contributed by atoms with Crippen molar-refractivity contribution in [1.82, 2.24) is 10.3 Å². The second kappa shape index (κ2) is 10.1. The zero-order valence-electron chi connectivity index (χ0n) is 17.3. The lowest BCUT2D eigenvalue weighted by atomic mass is 10.1. The van der Waals surface area contributed by atoms with Gasteiger partial charge < -0.3 is 10.6 Å². The summed E-state index contributed by atoms with van der Waals surface area (Å²) in [7, 11) is 0. The van der Waals surface area contributed by atoms with Gasteiger partial charge >= 0.3 is 0 Å². The smallest absolute Gasteiger partial charge is 0.251 e. The molecular formula is C27H21N3O2. The number of pyridine rings is 1. The normalized spacial score (nSPS) is 10.1. The quantitative estimate of drug-likeness (QED) is 0.471. The van der Waals surface area contributed by atoms with E-state index in [4.69, 9.17) is 0 Å². The van der Waals surface area contributed by atoms with Crippen LogP contribution in [0.15, 0.2) is 91.1 Å². The number of hydrogen-bond donors (Lipinski definition) is 2. The van der Waals surface area contributed by atoms with Crippen molar-refractivity contribution in [2.24, 2.45) is 0 Å². The van der Waals surface area contributed by atoms with Crippen LogP contribution in [0.1, 0.15) is 28.0 Å². The zero-order valence-corrected chi connectivity index (χ0v) is 17.3. The van der Waals surface area contributed by atoms with Crippen molar-refractivity contribution in [1.29, 1.82) is 0 Å². The monoisotopic (exact) mass is 419 g/mol. The molecule has 3 aromatic carbocycles. The molecule has 5 nitrogen and oxygen atoms in total. The van der Waals surface area contributed by atoms with Crippen LogP contribution in [0.5, 0.6) is 0 Å². The molecular weight excluding hydrogens is 398 g/mol. The van der Waals surface area contributed by atoms with E-state index in [0.29, 0.717) is 16.9 Å². The van der Waals surface area contributed by atoms with Crippen LogP contribution in [0, 0.1) is 11.8 Å². The van der Waals surface area contributed by atoms with E-state index in [9.17, 15) is 9.59 Å². The molecule has 4 aromatic rings. The molecule has 1 aromatic heterocycles. The molecule has 0 radical (unpaired) electrons. The van der Waals surface area contributed by atoms with Gasteiger partial charge in [-0.2, -0.15) is 0 Å². The van der Waals surface area contributed by atoms with Crippen LogP contribution in [-0.4, -0.2) is 23.3 Å². The van der Waals surface area contributed by atoms with Crippen LogP contribution in [0.25, 0.3) is 10.8 Å². The number of benzene rings is 3. The summed E-state index contributed by atoms with van der Waals surface area (Å²) in [6, 6.07) is 26.3. The van der Waals surface area contributed by atoms with Crippen molar-refractivity contribution in [2.45, 2.75) is 6.42 Å². The van der Waals surface area contributed by atoms with Gasteiger partial charge in [0.1, 0.15) is 5.69 Å². The Labute approximate surface area is 186 Å². The summed E-state index contributed by atoms with van der Waals surface area (Å²) in [6.07, 6.45) is 1.86. The fraction of sp³-hybridized carbons (Fsp3) is 0.0741. The number of anilines is 1. The number of rotatable bonds is 5. The minimum absolute atomic E-state index is 0.170. The van der Waals surface area contributed by atoms with E-state index < -0.39 is 0 Å². The van der Waals surface area contributed by atoms with Gasteiger partial charge in [0.05, 0.1) is 0 Å². The third-order valence-electron chi connectivity index (χ3n) is 4.80. The topological polar surface area (TPSA) is 71.1 Å². The molecule has 0 fully saturated rings. The number of nitrogens with one attached hydrogen (secondary N) is 2. The van der Waals surface area contributed by atoms with Gasteiger partial charge in [0, 0.05) is 36.0 Å². The fourth-order valence-electron chi connectivity index (χ4n) is 3.19. The Bertz CT molecular complexity index is 1320. The van der Waals surface area contributed by atoms with E-state index in [1.54, 1.807) is 18.3 Å². The Morgan fingerprint density at radius 1 is 0.812 bits per heavy atom. The first-order chi connectivity index (χ1) is 15.7. The number of aromatic nitrogens is 1. The largest absolute Gasteiger partial charge is 0.352 e. The van der Waals surface area contributed by atoms with Crippen LogP contribution < -0.4 is 10.6 Å². The second-order valence-electron chi connectivity index (χ2n) is 7.16. The van der Waals surface area contributed by atoms with Crippen LogP contribution >= 0.6 is 0 Å². The molecule has 2 amide bonds. The number of carbonyl (C=O) groups excluding carboxylic acids is 2. The van der Waals surface area contributed by atoms with E-state index in [1.165, 1.54) is 0 Å². The van der Waals surface area contributed by atoms with Crippen molar-refractivity contribution >= 4 is 28.3 Å². The third-order valence-corrected chi connectivity index (χ3v) is 4.80. The molecule has 0 aliphatic heterocycles. The summed E-state index contributed by atoms with van der Waals surface area (Å²) < 4.78 is 0. The maximum Gasteiger partial charge on any atom is 0.251 e. The highest BCUT2D eigenvalue weighted by Crippen LogP contribution is 2.15. The number of fused-ring (bicyclic) bond motifs is 1. The maximum absolute atomic E-state index is 12.4. The predicted molar refractivity (Wildman–Crippen MR) is 126 cm³/mol. The zero-order chi connectivity index (χ0) is 22.2. The minimum atomic E-state index is -0.199. The number of hydrogen-bond acceptors (Lipinski definition) is 3. The molecule has 4 rings (SSSR count). The highest BCUT2D eigenvalue weighted by molar-refractivity contribution is 5.99. The number of nitrogens with zero attached hydrogens (tertiary/aromatic N) is 1. The number of carbonyl (C=O) groups is 2. The number of amides is 2. The Morgan fingerprint density at radius 2 is 1.66 bits per heavy atom. The fourth-order valence-corrected chi connectivity index (χ4v) is 3.19. The molecule has 0 aliphatic carbocycles. The second-order valence-corrected chi connectivity index (χ2v) is 7.16. The first-order valence-electron chi connectivity index (χ1n) is 10.3. The summed E-state index contributed by atoms with van der Waals surface area (Å²) >= 11 is 0. The Hall–Kier alpha value is -4.43. The van der Waals surface area contributed by atoms with Gasteiger partial charge in [-0.3, -0.25) is 9.59 Å². The van der Waals surface area contributed by atoms with E-state index in [0.717, 1.165) is 16.3 Å². The predicted octanol–water partition coefficient (Wildman–Crippen LogP) is 4.39. The van der Waals surface area contributed by atoms with Crippen molar-refractivity contribution in [2.75, 3.05) is 11.9 Å². The lowest BCUT2D eigenvalue weighted by Gasteiger charge is -2.08.